The highest BCUT2D eigenvalue weighted by molar-refractivity contribution is 7.18. The second-order valence-electron chi connectivity index (χ2n) is 6.32. The van der Waals surface area contributed by atoms with E-state index in [0.717, 1.165) is 19.3 Å². The summed E-state index contributed by atoms with van der Waals surface area (Å²) in [6.45, 7) is 6.42. The van der Waals surface area contributed by atoms with Crippen LogP contribution in [0.5, 0.6) is 0 Å². The molecule has 0 aliphatic rings. The molecule has 0 heterocycles. The molecule has 1 nitrogen and oxygen atoms in total. The van der Waals surface area contributed by atoms with Gasteiger partial charge >= 0.3 is 0 Å². The van der Waals surface area contributed by atoms with E-state index in [1.54, 1.807) is 7.11 Å². The van der Waals surface area contributed by atoms with E-state index in [1.165, 1.54) is 0 Å². The van der Waals surface area contributed by atoms with E-state index in [2.05, 4.69) is 16.2 Å². The van der Waals surface area contributed by atoms with Crippen LogP contribution >= 0.6 is 9.24 Å². The minimum atomic E-state index is -1.28. The van der Waals surface area contributed by atoms with Crippen LogP contribution in [0.2, 0.25) is 5.21 Å². The summed E-state index contributed by atoms with van der Waals surface area (Å²) >= 11 is 0. The van der Waals surface area contributed by atoms with Crippen LogP contribution in [0, 0.1) is 5.41 Å². The Morgan fingerprint density at radius 2 is 1.79 bits per heavy atom. The molecule has 3 unspecified atom stereocenters. The molecule has 0 N–H and O–H groups in total. The Morgan fingerprint density at radius 3 is 2.21 bits per heavy atom. The highest BCUT2D eigenvalue weighted by Gasteiger charge is 2.38. The fourth-order valence-electron chi connectivity index (χ4n) is 2.74. The molecular formula is C14H28B2FOP. The van der Waals surface area contributed by atoms with Gasteiger partial charge in [-0.1, -0.05) is 60.9 Å². The lowest BCUT2D eigenvalue weighted by Crippen LogP contribution is -2.35. The van der Waals surface area contributed by atoms with Gasteiger partial charge < -0.3 is 4.74 Å². The molecule has 0 rings (SSSR count). The first-order valence-corrected chi connectivity index (χ1v) is 7.72. The van der Waals surface area contributed by atoms with Gasteiger partial charge in [0.25, 0.3) is 0 Å². The summed E-state index contributed by atoms with van der Waals surface area (Å²) in [4.78, 5) is 0. The number of halogens is 1. The first kappa shape index (κ1) is 19.4. The molecule has 0 bridgehead atoms. The molecule has 0 fully saturated rings. The Labute approximate surface area is 123 Å². The summed E-state index contributed by atoms with van der Waals surface area (Å²) < 4.78 is 19.6. The average Bonchev–Trinajstić information content (AvgIpc) is 2.24. The molecule has 0 aliphatic carbocycles. The normalized spacial score (nSPS) is 18.8. The first-order chi connectivity index (χ1) is 8.60. The van der Waals surface area contributed by atoms with Gasteiger partial charge in [0.05, 0.1) is 22.3 Å². The first-order valence-electron chi connectivity index (χ1n) is 7.14. The maximum Gasteiger partial charge on any atom is 0.124 e. The zero-order valence-corrected chi connectivity index (χ0v) is 14.1. The van der Waals surface area contributed by atoms with Crippen molar-refractivity contribution in [3.05, 3.63) is 0 Å². The van der Waals surface area contributed by atoms with E-state index in [0.29, 0.717) is 25.9 Å². The predicted octanol–water partition coefficient (Wildman–Crippen LogP) is 4.01. The van der Waals surface area contributed by atoms with E-state index in [-0.39, 0.29) is 5.41 Å². The number of alkyl halides is 1. The lowest BCUT2D eigenvalue weighted by atomic mass is 9.47. The zero-order valence-electron chi connectivity index (χ0n) is 13.0. The molecule has 0 saturated heterocycles. The van der Waals surface area contributed by atoms with Crippen molar-refractivity contribution in [2.24, 2.45) is 5.41 Å². The third-order valence-electron chi connectivity index (χ3n) is 3.55. The van der Waals surface area contributed by atoms with Crippen molar-refractivity contribution >= 4 is 24.9 Å². The molecule has 4 radical (unpaired) electrons. The van der Waals surface area contributed by atoms with E-state index in [1.807, 2.05) is 13.8 Å². The fourth-order valence-corrected chi connectivity index (χ4v) is 3.23. The Kier molecular flexibility index (Phi) is 8.22. The lowest BCUT2D eigenvalue weighted by molar-refractivity contribution is 0.0444. The largest absolute Gasteiger partial charge is 0.384 e. The fraction of sp³-hybridized carbons (Fsp3) is 1.00. The van der Waals surface area contributed by atoms with E-state index in [4.69, 9.17) is 20.4 Å². The smallest absolute Gasteiger partial charge is 0.124 e. The maximum atomic E-state index is 14.3. The van der Waals surface area contributed by atoms with Crippen molar-refractivity contribution in [2.45, 2.75) is 69.9 Å². The Balaban J connectivity index is 4.78. The summed E-state index contributed by atoms with van der Waals surface area (Å²) in [5.74, 6) is 0. The van der Waals surface area contributed by atoms with Gasteiger partial charge in [-0.3, -0.25) is 0 Å². The van der Waals surface area contributed by atoms with Gasteiger partial charge in [0, 0.05) is 7.11 Å². The van der Waals surface area contributed by atoms with Crippen molar-refractivity contribution in [1.82, 2.24) is 0 Å². The van der Waals surface area contributed by atoms with Crippen molar-refractivity contribution < 1.29 is 9.13 Å². The minimum Gasteiger partial charge on any atom is -0.384 e. The number of ether oxygens (including phenoxy) is 1. The predicted molar refractivity (Wildman–Crippen MR) is 86.8 cm³/mol. The number of unbranched alkanes of at least 4 members (excludes halogenated alkanes) is 1. The van der Waals surface area contributed by atoms with Gasteiger partial charge in [-0.2, -0.15) is 0 Å². The molecule has 0 aliphatic heterocycles. The minimum absolute atomic E-state index is 0.349. The third-order valence-corrected chi connectivity index (χ3v) is 4.17. The second-order valence-corrected chi connectivity index (χ2v) is 7.36. The molecule has 19 heavy (non-hydrogen) atoms. The lowest BCUT2D eigenvalue weighted by Gasteiger charge is -2.41. The van der Waals surface area contributed by atoms with Gasteiger partial charge in [0.1, 0.15) is 5.41 Å². The average molecular weight is 284 g/mol. The molecule has 0 amide bonds. The van der Waals surface area contributed by atoms with E-state index >= 15 is 0 Å². The standard InChI is InChI=1S/C14H28B2FOP/c1-5-7-8-13(15,16)9-12(3,11-18-4)10-14(17,19)6-2/h5-11,19H2,1-4H3. The SMILES string of the molecule is [B]C([B])(CCCC)CC(C)(COC)CC(F)(P)CC. The number of hydrogen-bond acceptors (Lipinski definition) is 1. The van der Waals surface area contributed by atoms with Crippen LogP contribution in [-0.4, -0.2) is 34.8 Å². The highest BCUT2D eigenvalue weighted by Crippen LogP contribution is 2.46. The summed E-state index contributed by atoms with van der Waals surface area (Å²) in [5.41, 5.74) is -0.349. The van der Waals surface area contributed by atoms with E-state index in [9.17, 15) is 4.39 Å². The molecule has 5 heteroatoms. The van der Waals surface area contributed by atoms with Gasteiger partial charge in [-0.05, 0) is 18.3 Å². The quantitative estimate of drug-likeness (QED) is 0.435. The topological polar surface area (TPSA) is 9.23 Å². The Hall–Kier alpha value is 0.450. The van der Waals surface area contributed by atoms with Gasteiger partial charge in [0.2, 0.25) is 0 Å². The number of hydrogen-bond donors (Lipinski definition) is 0. The van der Waals surface area contributed by atoms with Crippen molar-refractivity contribution in [2.75, 3.05) is 13.7 Å². The molecule has 108 valence electrons. The van der Waals surface area contributed by atoms with Gasteiger partial charge in [-0.15, -0.1) is 0 Å². The molecular weight excluding hydrogens is 256 g/mol. The Bertz CT molecular complexity index is 262. The van der Waals surface area contributed by atoms with E-state index < -0.39 is 10.6 Å². The summed E-state index contributed by atoms with van der Waals surface area (Å²) in [7, 11) is 16.3. The molecule has 0 spiro atoms. The summed E-state index contributed by atoms with van der Waals surface area (Å²) in [6, 6.07) is 0. The van der Waals surface area contributed by atoms with Crippen molar-refractivity contribution in [3.63, 3.8) is 0 Å². The third kappa shape index (κ3) is 8.35. The van der Waals surface area contributed by atoms with Crippen LogP contribution in [0.1, 0.15) is 59.3 Å². The van der Waals surface area contributed by atoms with Crippen LogP contribution in [-0.2, 0) is 4.74 Å². The summed E-state index contributed by atoms with van der Waals surface area (Å²) in [6.07, 6.45) is 4.21. The van der Waals surface area contributed by atoms with Crippen LogP contribution in [0.15, 0.2) is 0 Å². The van der Waals surface area contributed by atoms with Crippen LogP contribution < -0.4 is 0 Å². The molecule has 0 aromatic heterocycles. The second kappa shape index (κ2) is 8.03. The van der Waals surface area contributed by atoms with Gasteiger partial charge in [-0.25, -0.2) is 4.39 Å². The zero-order chi connectivity index (χ0) is 15.2. The summed E-state index contributed by atoms with van der Waals surface area (Å²) in [5, 5.41) is -2.04. The van der Waals surface area contributed by atoms with Crippen LogP contribution in [0.25, 0.3) is 0 Å². The maximum absolute atomic E-state index is 14.3. The van der Waals surface area contributed by atoms with Crippen LogP contribution in [0.4, 0.5) is 4.39 Å². The van der Waals surface area contributed by atoms with Crippen molar-refractivity contribution in [1.29, 1.82) is 0 Å². The van der Waals surface area contributed by atoms with Crippen LogP contribution in [0.3, 0.4) is 0 Å². The Morgan fingerprint density at radius 1 is 1.21 bits per heavy atom. The monoisotopic (exact) mass is 284 g/mol. The number of rotatable bonds is 10. The molecule has 0 aromatic rings. The van der Waals surface area contributed by atoms with Gasteiger partial charge in [0.15, 0.2) is 0 Å². The highest BCUT2D eigenvalue weighted by atomic mass is 31.0. The number of methoxy groups -OCH3 is 1. The van der Waals surface area contributed by atoms with Crippen molar-refractivity contribution in [3.8, 4) is 0 Å². The molecule has 0 saturated carbocycles. The molecule has 3 atom stereocenters. The molecule has 0 aromatic carbocycles.